The summed E-state index contributed by atoms with van der Waals surface area (Å²) >= 11 is 5.82. The quantitative estimate of drug-likeness (QED) is 0.885. The SMILES string of the molecule is CCCn1cc(Cn2ncc(Cl)c2N)cn1. The van der Waals surface area contributed by atoms with Gasteiger partial charge in [0.15, 0.2) is 0 Å². The fraction of sp³-hybridized carbons (Fsp3) is 0.400. The van der Waals surface area contributed by atoms with Crippen molar-refractivity contribution in [2.24, 2.45) is 0 Å². The van der Waals surface area contributed by atoms with Gasteiger partial charge >= 0.3 is 0 Å². The van der Waals surface area contributed by atoms with E-state index in [-0.39, 0.29) is 0 Å². The lowest BCUT2D eigenvalue weighted by molar-refractivity contribution is 0.601. The number of anilines is 1. The van der Waals surface area contributed by atoms with Crippen molar-refractivity contribution in [1.29, 1.82) is 0 Å². The topological polar surface area (TPSA) is 61.7 Å². The molecular weight excluding hydrogens is 226 g/mol. The smallest absolute Gasteiger partial charge is 0.140 e. The van der Waals surface area contributed by atoms with Crippen LogP contribution >= 0.6 is 11.6 Å². The summed E-state index contributed by atoms with van der Waals surface area (Å²) < 4.78 is 3.58. The number of nitrogen functional groups attached to an aromatic ring is 1. The summed E-state index contributed by atoms with van der Waals surface area (Å²) in [6, 6.07) is 0. The molecule has 5 nitrogen and oxygen atoms in total. The highest BCUT2D eigenvalue weighted by molar-refractivity contribution is 6.32. The third-order valence-electron chi connectivity index (χ3n) is 2.31. The molecule has 2 aromatic rings. The van der Waals surface area contributed by atoms with E-state index >= 15 is 0 Å². The Labute approximate surface area is 98.8 Å². The van der Waals surface area contributed by atoms with Crippen LogP contribution in [-0.4, -0.2) is 19.6 Å². The zero-order valence-corrected chi connectivity index (χ0v) is 9.85. The standard InChI is InChI=1S/C10H14ClN5/c1-2-3-15-6-8(4-13-15)7-16-10(12)9(11)5-14-16/h4-6H,2-3,7,12H2,1H3. The van der Waals surface area contributed by atoms with E-state index in [1.54, 1.807) is 10.9 Å². The highest BCUT2D eigenvalue weighted by Crippen LogP contribution is 2.17. The first-order valence-corrected chi connectivity index (χ1v) is 5.56. The van der Waals surface area contributed by atoms with Crippen LogP contribution in [0.3, 0.4) is 0 Å². The second kappa shape index (κ2) is 4.57. The Bertz CT molecular complexity index is 473. The van der Waals surface area contributed by atoms with Crippen LogP contribution in [0.25, 0.3) is 0 Å². The van der Waals surface area contributed by atoms with Crippen LogP contribution < -0.4 is 5.73 Å². The number of hydrogen-bond acceptors (Lipinski definition) is 3. The molecule has 0 fully saturated rings. The van der Waals surface area contributed by atoms with Gasteiger partial charge in [0.25, 0.3) is 0 Å². The molecule has 0 radical (unpaired) electrons. The number of aryl methyl sites for hydroxylation is 1. The molecule has 0 atom stereocenters. The minimum atomic E-state index is 0.487. The van der Waals surface area contributed by atoms with Gasteiger partial charge in [-0.2, -0.15) is 10.2 Å². The first kappa shape index (κ1) is 11.0. The first-order valence-electron chi connectivity index (χ1n) is 5.19. The first-order chi connectivity index (χ1) is 7.70. The van der Waals surface area contributed by atoms with Crippen LogP contribution in [0.2, 0.25) is 5.02 Å². The molecule has 0 saturated heterocycles. The third-order valence-corrected chi connectivity index (χ3v) is 2.60. The molecule has 2 aromatic heterocycles. The molecule has 0 aliphatic rings. The molecule has 2 rings (SSSR count). The van der Waals surface area contributed by atoms with Gasteiger partial charge in [0.2, 0.25) is 0 Å². The second-order valence-corrected chi connectivity index (χ2v) is 4.05. The molecule has 0 saturated carbocycles. The third kappa shape index (κ3) is 2.19. The van der Waals surface area contributed by atoms with E-state index in [4.69, 9.17) is 17.3 Å². The summed E-state index contributed by atoms with van der Waals surface area (Å²) in [7, 11) is 0. The average molecular weight is 240 g/mol. The lowest BCUT2D eigenvalue weighted by Gasteiger charge is -2.01. The van der Waals surface area contributed by atoms with Gasteiger partial charge in [0.05, 0.1) is 18.9 Å². The van der Waals surface area contributed by atoms with Gasteiger partial charge in [0, 0.05) is 18.3 Å². The van der Waals surface area contributed by atoms with Gasteiger partial charge < -0.3 is 5.73 Å². The van der Waals surface area contributed by atoms with E-state index in [1.807, 2.05) is 17.1 Å². The van der Waals surface area contributed by atoms with Crippen LogP contribution in [0.15, 0.2) is 18.6 Å². The van der Waals surface area contributed by atoms with Crippen molar-refractivity contribution >= 4 is 17.4 Å². The zero-order chi connectivity index (χ0) is 11.5. The summed E-state index contributed by atoms with van der Waals surface area (Å²) in [6.45, 7) is 3.64. The van der Waals surface area contributed by atoms with Gasteiger partial charge in [-0.1, -0.05) is 18.5 Å². The van der Waals surface area contributed by atoms with Crippen LogP contribution in [0.1, 0.15) is 18.9 Å². The van der Waals surface area contributed by atoms with Crippen molar-refractivity contribution in [3.8, 4) is 0 Å². The largest absolute Gasteiger partial charge is 0.383 e. The molecular formula is C10H14ClN5. The van der Waals surface area contributed by atoms with E-state index in [9.17, 15) is 0 Å². The predicted molar refractivity (Wildman–Crippen MR) is 63.3 cm³/mol. The van der Waals surface area contributed by atoms with E-state index in [2.05, 4.69) is 17.1 Å². The van der Waals surface area contributed by atoms with Crippen LogP contribution in [0.5, 0.6) is 0 Å². The van der Waals surface area contributed by atoms with E-state index in [1.165, 1.54) is 0 Å². The van der Waals surface area contributed by atoms with Gasteiger partial charge in [-0.3, -0.25) is 4.68 Å². The minimum Gasteiger partial charge on any atom is -0.383 e. The Hall–Kier alpha value is -1.49. The summed E-state index contributed by atoms with van der Waals surface area (Å²) in [4.78, 5) is 0. The molecule has 0 aromatic carbocycles. The van der Waals surface area contributed by atoms with Crippen LogP contribution in [-0.2, 0) is 13.1 Å². The summed E-state index contributed by atoms with van der Waals surface area (Å²) in [5, 5.41) is 8.82. The molecule has 0 aliphatic heterocycles. The number of aromatic nitrogens is 4. The molecule has 16 heavy (non-hydrogen) atoms. The molecule has 0 spiro atoms. The number of nitrogens with two attached hydrogens (primary N) is 1. The second-order valence-electron chi connectivity index (χ2n) is 3.65. The molecule has 86 valence electrons. The highest BCUT2D eigenvalue weighted by Gasteiger charge is 2.06. The Morgan fingerprint density at radius 3 is 2.81 bits per heavy atom. The van der Waals surface area contributed by atoms with Gasteiger partial charge in [0.1, 0.15) is 10.8 Å². The number of rotatable bonds is 4. The lowest BCUT2D eigenvalue weighted by Crippen LogP contribution is -2.05. The zero-order valence-electron chi connectivity index (χ0n) is 9.10. The van der Waals surface area contributed by atoms with Crippen molar-refractivity contribution < 1.29 is 0 Å². The monoisotopic (exact) mass is 239 g/mol. The fourth-order valence-electron chi connectivity index (χ4n) is 1.51. The van der Waals surface area contributed by atoms with Crippen LogP contribution in [0.4, 0.5) is 5.82 Å². The fourth-order valence-corrected chi connectivity index (χ4v) is 1.65. The molecule has 0 unspecified atom stereocenters. The number of hydrogen-bond donors (Lipinski definition) is 1. The molecule has 2 heterocycles. The lowest BCUT2D eigenvalue weighted by atomic mass is 10.3. The van der Waals surface area contributed by atoms with Gasteiger partial charge in [-0.25, -0.2) is 4.68 Å². The van der Waals surface area contributed by atoms with Crippen LogP contribution in [0, 0.1) is 0 Å². The molecule has 0 bridgehead atoms. The van der Waals surface area contributed by atoms with Crippen molar-refractivity contribution in [2.75, 3.05) is 5.73 Å². The Morgan fingerprint density at radius 2 is 2.19 bits per heavy atom. The molecule has 2 N–H and O–H groups in total. The van der Waals surface area contributed by atoms with Crippen molar-refractivity contribution in [2.45, 2.75) is 26.4 Å². The van der Waals surface area contributed by atoms with Crippen molar-refractivity contribution in [1.82, 2.24) is 19.6 Å². The summed E-state index contributed by atoms with van der Waals surface area (Å²) in [5.41, 5.74) is 6.83. The molecule has 6 heteroatoms. The average Bonchev–Trinajstić information content (AvgIpc) is 2.82. The minimum absolute atomic E-state index is 0.487. The Balaban J connectivity index is 2.11. The maximum absolute atomic E-state index is 5.82. The number of halogens is 1. The van der Waals surface area contributed by atoms with Gasteiger partial charge in [-0.15, -0.1) is 0 Å². The highest BCUT2D eigenvalue weighted by atomic mass is 35.5. The van der Waals surface area contributed by atoms with E-state index in [0.717, 1.165) is 18.5 Å². The van der Waals surface area contributed by atoms with E-state index in [0.29, 0.717) is 17.4 Å². The number of nitrogens with zero attached hydrogens (tertiary/aromatic N) is 4. The maximum Gasteiger partial charge on any atom is 0.140 e. The maximum atomic E-state index is 5.82. The summed E-state index contributed by atoms with van der Waals surface area (Å²) in [6.07, 6.45) is 6.44. The normalized spacial score (nSPS) is 10.9. The van der Waals surface area contributed by atoms with Crippen molar-refractivity contribution in [3.63, 3.8) is 0 Å². The van der Waals surface area contributed by atoms with E-state index < -0.39 is 0 Å². The Morgan fingerprint density at radius 1 is 1.38 bits per heavy atom. The Kier molecular flexibility index (Phi) is 3.14. The molecule has 0 amide bonds. The molecule has 0 aliphatic carbocycles. The van der Waals surface area contributed by atoms with Gasteiger partial charge in [-0.05, 0) is 6.42 Å². The van der Waals surface area contributed by atoms with Crippen molar-refractivity contribution in [3.05, 3.63) is 29.2 Å². The predicted octanol–water partition coefficient (Wildman–Crippen LogP) is 1.77. The summed E-state index contributed by atoms with van der Waals surface area (Å²) in [5.74, 6) is 0.491.